The average Bonchev–Trinajstić information content (AvgIpc) is 3.02. The summed E-state index contributed by atoms with van der Waals surface area (Å²) in [4.78, 5) is 3.67. The molecule has 0 saturated heterocycles. The average molecular weight is 299 g/mol. The highest BCUT2D eigenvalue weighted by atomic mass is 19.4. The van der Waals surface area contributed by atoms with Crippen LogP contribution in [0.4, 0.5) is 24.7 Å². The van der Waals surface area contributed by atoms with Crippen LogP contribution in [0.5, 0.6) is 0 Å². The summed E-state index contributed by atoms with van der Waals surface area (Å²) in [7, 11) is 0. The molecule has 0 amide bonds. The van der Waals surface area contributed by atoms with Crippen molar-refractivity contribution < 1.29 is 13.2 Å². The van der Waals surface area contributed by atoms with Crippen molar-refractivity contribution in [2.24, 2.45) is 17.8 Å². The van der Waals surface area contributed by atoms with Gasteiger partial charge in [0, 0.05) is 12.2 Å². The number of hydrogen-bond donors (Lipinski definition) is 2. The summed E-state index contributed by atoms with van der Waals surface area (Å²) in [5.74, 6) is 2.16. The Morgan fingerprint density at radius 3 is 2.67 bits per heavy atom. The molecule has 1 heterocycles. The Kier molecular flexibility index (Phi) is 3.50. The first-order valence-electron chi connectivity index (χ1n) is 7.44. The number of hydrogen-bond acceptors (Lipinski definition) is 3. The van der Waals surface area contributed by atoms with Gasteiger partial charge >= 0.3 is 6.18 Å². The Balaban J connectivity index is 1.75. The van der Waals surface area contributed by atoms with Gasteiger partial charge in [-0.2, -0.15) is 13.2 Å². The Bertz CT molecular complexity index is 529. The molecule has 0 spiro atoms. The summed E-state index contributed by atoms with van der Waals surface area (Å²) in [5, 5.41) is 3.16. The maximum absolute atomic E-state index is 12.8. The normalized spacial score (nSPS) is 29.6. The van der Waals surface area contributed by atoms with E-state index in [0.717, 1.165) is 18.2 Å². The SMILES string of the molecule is CC(Nc1cc(C(F)(F)F)cnc1N)C1CC2CCC1C2. The Labute approximate surface area is 122 Å². The van der Waals surface area contributed by atoms with Crippen molar-refractivity contribution in [1.82, 2.24) is 4.98 Å². The van der Waals surface area contributed by atoms with E-state index in [0.29, 0.717) is 17.5 Å². The minimum Gasteiger partial charge on any atom is -0.382 e. The van der Waals surface area contributed by atoms with E-state index in [4.69, 9.17) is 5.73 Å². The molecule has 6 heteroatoms. The van der Waals surface area contributed by atoms with E-state index in [-0.39, 0.29) is 11.9 Å². The van der Waals surface area contributed by atoms with Gasteiger partial charge in [-0.25, -0.2) is 4.98 Å². The first kappa shape index (κ1) is 14.5. The fraction of sp³-hybridized carbons (Fsp3) is 0.667. The van der Waals surface area contributed by atoms with Crippen LogP contribution in [0.25, 0.3) is 0 Å². The number of alkyl halides is 3. The molecular formula is C15H20F3N3. The Morgan fingerprint density at radius 2 is 2.10 bits per heavy atom. The second-order valence-electron chi connectivity index (χ2n) is 6.43. The molecule has 2 aliphatic carbocycles. The standard InChI is InChI=1S/C15H20F3N3/c1-8(12-5-9-2-3-10(12)4-9)21-13-6-11(15(16,17)18)7-20-14(13)19/h6-10,12,21H,2-5H2,1H3,(H2,19,20). The molecule has 0 radical (unpaired) electrons. The van der Waals surface area contributed by atoms with Crippen LogP contribution in [-0.2, 0) is 6.18 Å². The van der Waals surface area contributed by atoms with Crippen LogP contribution < -0.4 is 11.1 Å². The topological polar surface area (TPSA) is 50.9 Å². The van der Waals surface area contributed by atoms with Gasteiger partial charge in [0.1, 0.15) is 5.82 Å². The van der Waals surface area contributed by atoms with Gasteiger partial charge in [0.2, 0.25) is 0 Å². The molecule has 116 valence electrons. The molecule has 0 aromatic carbocycles. The van der Waals surface area contributed by atoms with E-state index < -0.39 is 11.7 Å². The Morgan fingerprint density at radius 1 is 1.33 bits per heavy atom. The van der Waals surface area contributed by atoms with Crippen molar-refractivity contribution in [3.63, 3.8) is 0 Å². The fourth-order valence-corrected chi connectivity index (χ4v) is 4.00. The van der Waals surface area contributed by atoms with Crippen molar-refractivity contribution in [1.29, 1.82) is 0 Å². The van der Waals surface area contributed by atoms with E-state index in [1.54, 1.807) is 0 Å². The predicted molar refractivity (Wildman–Crippen MR) is 75.7 cm³/mol. The molecule has 1 aromatic rings. The largest absolute Gasteiger partial charge is 0.417 e. The third-order valence-electron chi connectivity index (χ3n) is 5.06. The van der Waals surface area contributed by atoms with Crippen molar-refractivity contribution in [2.45, 2.75) is 44.8 Å². The summed E-state index contributed by atoms with van der Waals surface area (Å²) in [6.07, 6.45) is 1.38. The summed E-state index contributed by atoms with van der Waals surface area (Å²) >= 11 is 0. The molecular weight excluding hydrogens is 279 g/mol. The molecule has 4 unspecified atom stereocenters. The van der Waals surface area contributed by atoms with Crippen LogP contribution in [0.3, 0.4) is 0 Å². The number of anilines is 2. The maximum Gasteiger partial charge on any atom is 0.417 e. The second-order valence-corrected chi connectivity index (χ2v) is 6.43. The highest BCUT2D eigenvalue weighted by molar-refractivity contribution is 5.63. The van der Waals surface area contributed by atoms with Crippen LogP contribution in [0.15, 0.2) is 12.3 Å². The summed E-state index contributed by atoms with van der Waals surface area (Å²) < 4.78 is 38.3. The highest BCUT2D eigenvalue weighted by Gasteiger charge is 2.42. The van der Waals surface area contributed by atoms with E-state index in [1.807, 2.05) is 6.92 Å². The minimum absolute atomic E-state index is 0.118. The van der Waals surface area contributed by atoms with Crippen LogP contribution in [0, 0.1) is 17.8 Å². The van der Waals surface area contributed by atoms with E-state index >= 15 is 0 Å². The van der Waals surface area contributed by atoms with Crippen LogP contribution in [0.1, 0.15) is 38.2 Å². The monoisotopic (exact) mass is 299 g/mol. The lowest BCUT2D eigenvalue weighted by Gasteiger charge is -2.29. The number of halogens is 3. The molecule has 2 fully saturated rings. The van der Waals surface area contributed by atoms with E-state index in [9.17, 15) is 13.2 Å². The smallest absolute Gasteiger partial charge is 0.382 e. The maximum atomic E-state index is 12.8. The minimum atomic E-state index is -4.40. The fourth-order valence-electron chi connectivity index (χ4n) is 4.00. The third kappa shape index (κ3) is 2.80. The summed E-state index contributed by atoms with van der Waals surface area (Å²) in [6, 6.07) is 1.18. The van der Waals surface area contributed by atoms with Gasteiger partial charge in [-0.1, -0.05) is 6.42 Å². The first-order chi connectivity index (χ1) is 9.84. The van der Waals surface area contributed by atoms with Gasteiger partial charge in [-0.3, -0.25) is 0 Å². The van der Waals surface area contributed by atoms with Crippen molar-refractivity contribution in [3.8, 4) is 0 Å². The van der Waals surface area contributed by atoms with E-state index in [2.05, 4.69) is 10.3 Å². The molecule has 4 atom stereocenters. The van der Waals surface area contributed by atoms with Gasteiger partial charge in [-0.15, -0.1) is 0 Å². The molecule has 3 nitrogen and oxygen atoms in total. The molecule has 2 aliphatic rings. The number of nitrogen functional groups attached to an aromatic ring is 1. The van der Waals surface area contributed by atoms with E-state index in [1.165, 1.54) is 25.7 Å². The lowest BCUT2D eigenvalue weighted by molar-refractivity contribution is -0.137. The molecule has 21 heavy (non-hydrogen) atoms. The zero-order chi connectivity index (χ0) is 15.2. The third-order valence-corrected chi connectivity index (χ3v) is 5.06. The van der Waals surface area contributed by atoms with Crippen LogP contribution >= 0.6 is 0 Å². The first-order valence-corrected chi connectivity index (χ1v) is 7.44. The Hall–Kier alpha value is -1.46. The lowest BCUT2D eigenvalue weighted by Crippen LogP contribution is -2.30. The van der Waals surface area contributed by atoms with Crippen LogP contribution in [0.2, 0.25) is 0 Å². The molecule has 0 aliphatic heterocycles. The lowest BCUT2D eigenvalue weighted by atomic mass is 9.84. The molecule has 2 saturated carbocycles. The highest BCUT2D eigenvalue weighted by Crippen LogP contribution is 2.50. The van der Waals surface area contributed by atoms with Gasteiger partial charge in [0.15, 0.2) is 0 Å². The van der Waals surface area contributed by atoms with Crippen molar-refractivity contribution in [2.75, 3.05) is 11.1 Å². The number of rotatable bonds is 3. The summed E-state index contributed by atoms with van der Waals surface area (Å²) in [5.41, 5.74) is 5.24. The molecule has 2 bridgehead atoms. The van der Waals surface area contributed by atoms with Gasteiger partial charge < -0.3 is 11.1 Å². The number of pyridine rings is 1. The summed E-state index contributed by atoms with van der Waals surface area (Å²) in [6.45, 7) is 2.03. The zero-order valence-electron chi connectivity index (χ0n) is 12.0. The van der Waals surface area contributed by atoms with Gasteiger partial charge in [0.05, 0.1) is 11.3 Å². The van der Waals surface area contributed by atoms with Crippen molar-refractivity contribution >= 4 is 11.5 Å². The van der Waals surface area contributed by atoms with Gasteiger partial charge in [-0.05, 0) is 50.0 Å². The number of aromatic nitrogens is 1. The molecule has 3 N–H and O–H groups in total. The number of fused-ring (bicyclic) bond motifs is 2. The zero-order valence-corrected chi connectivity index (χ0v) is 12.0. The number of nitrogens with zero attached hydrogens (tertiary/aromatic N) is 1. The quantitative estimate of drug-likeness (QED) is 0.889. The predicted octanol–water partition coefficient (Wildman–Crippen LogP) is 3.92. The van der Waals surface area contributed by atoms with Crippen molar-refractivity contribution in [3.05, 3.63) is 17.8 Å². The number of nitrogens with one attached hydrogen (secondary N) is 1. The van der Waals surface area contributed by atoms with Gasteiger partial charge in [0.25, 0.3) is 0 Å². The second kappa shape index (κ2) is 5.07. The van der Waals surface area contributed by atoms with Crippen LogP contribution in [-0.4, -0.2) is 11.0 Å². The molecule has 1 aromatic heterocycles. The number of nitrogens with two attached hydrogens (primary N) is 1. The molecule has 3 rings (SSSR count).